The number of hydrogen-bond acceptors (Lipinski definition) is 7. The number of nitrogens with zero attached hydrogens (tertiary/aromatic N) is 5. The molecule has 0 N–H and O–H groups in total. The zero-order valence-electron chi connectivity index (χ0n) is 20.8. The summed E-state index contributed by atoms with van der Waals surface area (Å²) in [6.07, 6.45) is 1.67. The van der Waals surface area contributed by atoms with Crippen LogP contribution < -0.4 is 10.5 Å². The summed E-state index contributed by atoms with van der Waals surface area (Å²) >= 11 is 1.51. The van der Waals surface area contributed by atoms with E-state index in [9.17, 15) is 9.59 Å². The fourth-order valence-electron chi connectivity index (χ4n) is 4.40. The van der Waals surface area contributed by atoms with Gasteiger partial charge >= 0.3 is 0 Å². The first-order valence-electron chi connectivity index (χ1n) is 12.0. The van der Waals surface area contributed by atoms with Crippen molar-refractivity contribution < 1.29 is 4.79 Å². The minimum Gasteiger partial charge on any atom is -0.354 e. The predicted molar refractivity (Wildman–Crippen MR) is 145 cm³/mol. The molecule has 5 rings (SSSR count). The Morgan fingerprint density at radius 1 is 0.944 bits per heavy atom. The SMILES string of the molecule is Cc1cccc2nc(SCc3ccc(C(=O)c4ccc(N5CCN(C)CC5)nc4)cc3)n(C)c(=O)c12. The maximum absolute atomic E-state index is 13.0. The molecule has 8 heteroatoms. The molecule has 2 aromatic heterocycles. The number of aryl methyl sites for hydroxylation is 1. The Morgan fingerprint density at radius 2 is 1.67 bits per heavy atom. The minimum absolute atomic E-state index is 0.0335. The monoisotopic (exact) mass is 499 g/mol. The van der Waals surface area contributed by atoms with Gasteiger partial charge < -0.3 is 9.80 Å². The van der Waals surface area contributed by atoms with Gasteiger partial charge in [-0.3, -0.25) is 14.2 Å². The average molecular weight is 500 g/mol. The summed E-state index contributed by atoms with van der Waals surface area (Å²) in [4.78, 5) is 39.6. The Bertz CT molecular complexity index is 1460. The van der Waals surface area contributed by atoms with Crippen LogP contribution in [0.4, 0.5) is 5.82 Å². The molecule has 0 atom stereocenters. The summed E-state index contributed by atoms with van der Waals surface area (Å²) in [7, 11) is 3.88. The number of benzene rings is 2. The highest BCUT2D eigenvalue weighted by Crippen LogP contribution is 2.23. The van der Waals surface area contributed by atoms with Crippen LogP contribution in [0.3, 0.4) is 0 Å². The number of rotatable bonds is 6. The van der Waals surface area contributed by atoms with Gasteiger partial charge in [0.25, 0.3) is 5.56 Å². The second-order valence-corrected chi connectivity index (χ2v) is 10.2. The van der Waals surface area contributed by atoms with Crippen molar-refractivity contribution in [1.82, 2.24) is 19.4 Å². The van der Waals surface area contributed by atoms with Crippen LogP contribution in [-0.4, -0.2) is 58.4 Å². The van der Waals surface area contributed by atoms with Gasteiger partial charge in [0, 0.05) is 56.3 Å². The molecule has 2 aromatic carbocycles. The quantitative estimate of drug-likeness (QED) is 0.226. The number of aromatic nitrogens is 3. The molecule has 7 nitrogen and oxygen atoms in total. The second-order valence-electron chi connectivity index (χ2n) is 9.24. The lowest BCUT2D eigenvalue weighted by molar-refractivity contribution is 0.103. The molecule has 0 saturated carbocycles. The Balaban J connectivity index is 1.25. The van der Waals surface area contributed by atoms with Crippen molar-refractivity contribution in [1.29, 1.82) is 0 Å². The summed E-state index contributed by atoms with van der Waals surface area (Å²) < 4.78 is 1.61. The van der Waals surface area contributed by atoms with Gasteiger partial charge in [0.05, 0.1) is 10.9 Å². The van der Waals surface area contributed by atoms with Gasteiger partial charge in [0.2, 0.25) is 0 Å². The highest BCUT2D eigenvalue weighted by atomic mass is 32.2. The van der Waals surface area contributed by atoms with Gasteiger partial charge in [0.15, 0.2) is 10.9 Å². The number of hydrogen-bond donors (Lipinski definition) is 0. The standard InChI is InChI=1S/C28H29N5O2S/c1-19-5-4-6-23-25(19)27(35)32(3)28(30-23)36-18-20-7-9-21(10-8-20)26(34)22-11-12-24(29-17-22)33-15-13-31(2)14-16-33/h4-12,17H,13-16,18H2,1-3H3. The summed E-state index contributed by atoms with van der Waals surface area (Å²) in [5.74, 6) is 1.52. The molecule has 0 bridgehead atoms. The summed E-state index contributed by atoms with van der Waals surface area (Å²) in [6, 6.07) is 17.1. The van der Waals surface area contributed by atoms with E-state index in [0.717, 1.165) is 43.1 Å². The molecule has 0 aliphatic carbocycles. The van der Waals surface area contributed by atoms with Gasteiger partial charge in [-0.15, -0.1) is 0 Å². The molecular weight excluding hydrogens is 470 g/mol. The van der Waals surface area contributed by atoms with Crippen LogP contribution in [0.25, 0.3) is 10.9 Å². The van der Waals surface area contributed by atoms with E-state index in [1.54, 1.807) is 17.8 Å². The summed E-state index contributed by atoms with van der Waals surface area (Å²) in [5.41, 5.74) is 3.88. The largest absolute Gasteiger partial charge is 0.354 e. The summed E-state index contributed by atoms with van der Waals surface area (Å²) in [5, 5.41) is 1.34. The van der Waals surface area contributed by atoms with E-state index in [2.05, 4.69) is 21.8 Å². The van der Waals surface area contributed by atoms with Crippen molar-refractivity contribution >= 4 is 34.3 Å². The zero-order chi connectivity index (χ0) is 25.2. The molecule has 4 aromatic rings. The lowest BCUT2D eigenvalue weighted by Gasteiger charge is -2.33. The first-order valence-corrected chi connectivity index (χ1v) is 13.0. The van der Waals surface area contributed by atoms with E-state index in [0.29, 0.717) is 32.9 Å². The van der Waals surface area contributed by atoms with Gasteiger partial charge in [-0.2, -0.15) is 0 Å². The van der Waals surface area contributed by atoms with Crippen molar-refractivity contribution in [3.05, 3.63) is 93.4 Å². The van der Waals surface area contributed by atoms with Gasteiger partial charge in [-0.25, -0.2) is 9.97 Å². The van der Waals surface area contributed by atoms with Crippen molar-refractivity contribution in [3.8, 4) is 0 Å². The van der Waals surface area contributed by atoms with Crippen molar-refractivity contribution in [2.75, 3.05) is 38.1 Å². The molecule has 1 aliphatic heterocycles. The molecule has 3 heterocycles. The molecule has 0 unspecified atom stereocenters. The van der Waals surface area contributed by atoms with Crippen molar-refractivity contribution in [2.45, 2.75) is 17.8 Å². The highest BCUT2D eigenvalue weighted by molar-refractivity contribution is 7.98. The highest BCUT2D eigenvalue weighted by Gasteiger charge is 2.17. The molecule has 0 radical (unpaired) electrons. The fraction of sp³-hybridized carbons (Fsp3) is 0.286. The Morgan fingerprint density at radius 3 is 2.36 bits per heavy atom. The maximum Gasteiger partial charge on any atom is 0.262 e. The van der Waals surface area contributed by atoms with E-state index in [4.69, 9.17) is 4.98 Å². The van der Waals surface area contributed by atoms with Crippen LogP contribution in [0.2, 0.25) is 0 Å². The van der Waals surface area contributed by atoms with Crippen molar-refractivity contribution in [3.63, 3.8) is 0 Å². The molecular formula is C28H29N5O2S. The lowest BCUT2D eigenvalue weighted by Crippen LogP contribution is -2.44. The third kappa shape index (κ3) is 4.92. The van der Waals surface area contributed by atoms with Crippen LogP contribution in [-0.2, 0) is 12.8 Å². The van der Waals surface area contributed by atoms with E-state index < -0.39 is 0 Å². The van der Waals surface area contributed by atoms with Gasteiger partial charge in [-0.05, 0) is 43.3 Å². The number of fused-ring (bicyclic) bond motifs is 1. The minimum atomic E-state index is -0.0411. The smallest absolute Gasteiger partial charge is 0.262 e. The molecule has 0 spiro atoms. The second kappa shape index (κ2) is 10.2. The van der Waals surface area contributed by atoms with Crippen LogP contribution in [0.5, 0.6) is 0 Å². The van der Waals surface area contributed by atoms with Crippen molar-refractivity contribution in [2.24, 2.45) is 7.05 Å². The molecule has 184 valence electrons. The first-order chi connectivity index (χ1) is 17.4. The number of carbonyl (C=O) groups excluding carboxylic acids is 1. The lowest BCUT2D eigenvalue weighted by atomic mass is 10.0. The average Bonchev–Trinajstić information content (AvgIpc) is 2.90. The number of anilines is 1. The third-order valence-electron chi connectivity index (χ3n) is 6.69. The molecule has 0 amide bonds. The van der Waals surface area contributed by atoms with E-state index in [-0.39, 0.29) is 11.3 Å². The number of thioether (sulfide) groups is 1. The van der Waals surface area contributed by atoms with Crippen LogP contribution in [0.15, 0.2) is 70.7 Å². The van der Waals surface area contributed by atoms with Gasteiger partial charge in [0.1, 0.15) is 5.82 Å². The third-order valence-corrected chi connectivity index (χ3v) is 7.79. The van der Waals surface area contributed by atoms with E-state index in [1.165, 1.54) is 11.8 Å². The predicted octanol–water partition coefficient (Wildman–Crippen LogP) is 3.91. The Kier molecular flexibility index (Phi) is 6.89. The molecule has 1 fully saturated rings. The van der Waals surface area contributed by atoms with E-state index in [1.807, 2.05) is 61.5 Å². The zero-order valence-corrected chi connectivity index (χ0v) is 21.6. The Hall–Kier alpha value is -3.49. The first kappa shape index (κ1) is 24.2. The van der Waals surface area contributed by atoms with Gasteiger partial charge in [-0.1, -0.05) is 48.2 Å². The van der Waals surface area contributed by atoms with Crippen LogP contribution in [0.1, 0.15) is 27.0 Å². The van der Waals surface area contributed by atoms with E-state index >= 15 is 0 Å². The summed E-state index contributed by atoms with van der Waals surface area (Å²) in [6.45, 7) is 5.84. The molecule has 1 aliphatic rings. The Labute approximate surface area is 214 Å². The number of carbonyl (C=O) groups is 1. The molecule has 1 saturated heterocycles. The normalized spacial score (nSPS) is 14.4. The number of piperazine rings is 1. The maximum atomic E-state index is 13.0. The number of likely N-dealkylation sites (N-methyl/N-ethyl adjacent to an activating group) is 1. The molecule has 36 heavy (non-hydrogen) atoms. The van der Waals surface area contributed by atoms with Crippen LogP contribution >= 0.6 is 11.8 Å². The topological polar surface area (TPSA) is 71.3 Å². The number of ketones is 1. The number of pyridine rings is 1. The fourth-order valence-corrected chi connectivity index (χ4v) is 5.32. The van der Waals surface area contributed by atoms with Crippen LogP contribution in [0, 0.1) is 6.92 Å².